The Balaban J connectivity index is 1.68. The molecule has 4 rings (SSSR count). The number of aromatic nitrogens is 1. The van der Waals surface area contributed by atoms with Crippen LogP contribution in [0.15, 0.2) is 58.3 Å². The van der Waals surface area contributed by atoms with Crippen LogP contribution in [0, 0.1) is 0 Å². The van der Waals surface area contributed by atoms with Crippen LogP contribution < -0.4 is 24.5 Å². The maximum atomic E-state index is 12.8. The van der Waals surface area contributed by atoms with Crippen LogP contribution in [0.25, 0.3) is 6.08 Å². The van der Waals surface area contributed by atoms with Gasteiger partial charge in [0.1, 0.15) is 19.1 Å². The van der Waals surface area contributed by atoms with Gasteiger partial charge in [-0.2, -0.15) is 0 Å². The predicted octanol–water partition coefficient (Wildman–Crippen LogP) is 2.46. The zero-order valence-corrected chi connectivity index (χ0v) is 15.6. The van der Waals surface area contributed by atoms with Gasteiger partial charge in [-0.25, -0.2) is 4.99 Å². The van der Waals surface area contributed by atoms with E-state index in [4.69, 9.17) is 16.3 Å². The van der Waals surface area contributed by atoms with Crippen LogP contribution in [-0.2, 0) is 6.67 Å². The lowest BCUT2D eigenvalue weighted by atomic mass is 10.2. The van der Waals surface area contributed by atoms with Crippen molar-refractivity contribution in [1.29, 1.82) is 0 Å². The van der Waals surface area contributed by atoms with Gasteiger partial charge in [-0.1, -0.05) is 35.1 Å². The van der Waals surface area contributed by atoms with E-state index in [1.165, 1.54) is 11.3 Å². The van der Waals surface area contributed by atoms with Crippen LogP contribution in [0.3, 0.4) is 0 Å². The van der Waals surface area contributed by atoms with Crippen molar-refractivity contribution in [2.45, 2.75) is 6.67 Å². The number of hydrogen-bond acceptors (Lipinski definition) is 5. The Labute approximate surface area is 159 Å². The third-order valence-electron chi connectivity index (χ3n) is 4.16. The zero-order valence-electron chi connectivity index (χ0n) is 14.1. The SMILES string of the molecule is COc1ccc(N2CN=c3sc(=Cc4cccc(Cl)c4)c(=O)n3C2)cc1. The summed E-state index contributed by atoms with van der Waals surface area (Å²) in [5.41, 5.74) is 1.87. The van der Waals surface area contributed by atoms with Crippen molar-refractivity contribution in [1.82, 2.24) is 4.57 Å². The summed E-state index contributed by atoms with van der Waals surface area (Å²) < 4.78 is 7.55. The van der Waals surface area contributed by atoms with Gasteiger partial charge in [-0.15, -0.1) is 0 Å². The lowest BCUT2D eigenvalue weighted by Crippen LogP contribution is -2.42. The molecule has 5 nitrogen and oxygen atoms in total. The zero-order chi connectivity index (χ0) is 18.1. The van der Waals surface area contributed by atoms with E-state index in [0.29, 0.717) is 22.9 Å². The fourth-order valence-electron chi connectivity index (χ4n) is 2.82. The average molecular weight is 386 g/mol. The lowest BCUT2D eigenvalue weighted by Gasteiger charge is -2.25. The van der Waals surface area contributed by atoms with Gasteiger partial charge in [0, 0.05) is 10.7 Å². The molecule has 0 saturated heterocycles. The number of nitrogens with zero attached hydrogens (tertiary/aromatic N) is 3. The van der Waals surface area contributed by atoms with Gasteiger partial charge in [0.25, 0.3) is 5.56 Å². The molecule has 0 N–H and O–H groups in total. The largest absolute Gasteiger partial charge is 0.497 e. The van der Waals surface area contributed by atoms with E-state index >= 15 is 0 Å². The molecule has 2 heterocycles. The highest BCUT2D eigenvalue weighted by Gasteiger charge is 2.16. The van der Waals surface area contributed by atoms with Crippen molar-refractivity contribution in [2.75, 3.05) is 18.7 Å². The molecule has 2 aromatic carbocycles. The summed E-state index contributed by atoms with van der Waals surface area (Å²) >= 11 is 7.43. The molecule has 0 spiro atoms. The molecule has 1 aliphatic heterocycles. The molecule has 1 aliphatic rings. The van der Waals surface area contributed by atoms with Crippen LogP contribution in [0.5, 0.6) is 5.75 Å². The number of hydrogen-bond donors (Lipinski definition) is 0. The molecule has 132 valence electrons. The fourth-order valence-corrected chi connectivity index (χ4v) is 3.98. The molecule has 26 heavy (non-hydrogen) atoms. The molecule has 0 saturated carbocycles. The summed E-state index contributed by atoms with van der Waals surface area (Å²) in [5.74, 6) is 0.800. The van der Waals surface area contributed by atoms with Crippen molar-refractivity contribution in [3.63, 3.8) is 0 Å². The summed E-state index contributed by atoms with van der Waals surface area (Å²) in [6.07, 6.45) is 1.86. The van der Waals surface area contributed by atoms with E-state index in [0.717, 1.165) is 21.8 Å². The number of thiazole rings is 1. The molecule has 0 aliphatic carbocycles. The van der Waals surface area contributed by atoms with E-state index in [1.807, 2.05) is 59.5 Å². The standard InChI is InChI=1S/C19H16ClN3O2S/c1-25-16-7-5-15(6-8-16)22-11-21-19-23(12-22)18(24)17(26-19)10-13-3-2-4-14(20)9-13/h2-10H,11-12H2,1H3. The van der Waals surface area contributed by atoms with Crippen LogP contribution >= 0.6 is 22.9 Å². The number of ether oxygens (including phenoxy) is 1. The summed E-state index contributed by atoms with van der Waals surface area (Å²) in [6.45, 7) is 0.993. The molecular formula is C19H16ClN3O2S. The second-order valence-electron chi connectivity index (χ2n) is 5.86. The predicted molar refractivity (Wildman–Crippen MR) is 105 cm³/mol. The number of rotatable bonds is 3. The normalized spacial score (nSPS) is 14.1. The van der Waals surface area contributed by atoms with Gasteiger partial charge in [0.05, 0.1) is 11.6 Å². The molecule has 0 amide bonds. The van der Waals surface area contributed by atoms with Crippen molar-refractivity contribution in [3.05, 3.63) is 78.8 Å². The van der Waals surface area contributed by atoms with Crippen LogP contribution in [-0.4, -0.2) is 18.3 Å². The molecular weight excluding hydrogens is 370 g/mol. The topological polar surface area (TPSA) is 46.8 Å². The first kappa shape index (κ1) is 16.9. The number of benzene rings is 2. The first-order chi connectivity index (χ1) is 12.6. The highest BCUT2D eigenvalue weighted by atomic mass is 35.5. The molecule has 0 unspecified atom stereocenters. The number of anilines is 1. The smallest absolute Gasteiger partial charge is 0.271 e. The van der Waals surface area contributed by atoms with Crippen LogP contribution in [0.2, 0.25) is 5.02 Å². The Morgan fingerprint density at radius 2 is 2.04 bits per heavy atom. The molecule has 0 atom stereocenters. The van der Waals surface area contributed by atoms with Crippen molar-refractivity contribution in [2.24, 2.45) is 4.99 Å². The Kier molecular flexibility index (Phi) is 4.53. The third kappa shape index (κ3) is 3.25. The summed E-state index contributed by atoms with van der Waals surface area (Å²) in [4.78, 5) is 20.1. The van der Waals surface area contributed by atoms with E-state index in [9.17, 15) is 4.79 Å². The fraction of sp³-hybridized carbons (Fsp3) is 0.158. The molecule has 0 bridgehead atoms. The number of methoxy groups -OCH3 is 1. The van der Waals surface area contributed by atoms with Crippen LogP contribution in [0.1, 0.15) is 5.56 Å². The monoisotopic (exact) mass is 385 g/mol. The maximum absolute atomic E-state index is 12.8. The van der Waals surface area contributed by atoms with E-state index < -0.39 is 0 Å². The van der Waals surface area contributed by atoms with Gasteiger partial charge >= 0.3 is 0 Å². The van der Waals surface area contributed by atoms with E-state index in [2.05, 4.69) is 4.99 Å². The number of fused-ring (bicyclic) bond motifs is 1. The van der Waals surface area contributed by atoms with Gasteiger partial charge < -0.3 is 9.64 Å². The number of halogens is 1. The Hall–Kier alpha value is -2.57. The minimum absolute atomic E-state index is 0.0352. The second kappa shape index (κ2) is 6.97. The highest BCUT2D eigenvalue weighted by Crippen LogP contribution is 2.20. The summed E-state index contributed by atoms with van der Waals surface area (Å²) in [5, 5.41) is 0.649. The average Bonchev–Trinajstić information content (AvgIpc) is 2.97. The molecule has 0 fully saturated rings. The minimum Gasteiger partial charge on any atom is -0.497 e. The van der Waals surface area contributed by atoms with Crippen molar-refractivity contribution < 1.29 is 4.74 Å². The van der Waals surface area contributed by atoms with Crippen molar-refractivity contribution in [3.8, 4) is 5.75 Å². The van der Waals surface area contributed by atoms with E-state index in [-0.39, 0.29) is 5.56 Å². The second-order valence-corrected chi connectivity index (χ2v) is 7.31. The summed E-state index contributed by atoms with van der Waals surface area (Å²) in [7, 11) is 1.64. The van der Waals surface area contributed by atoms with Gasteiger partial charge in [0.15, 0.2) is 4.80 Å². The Morgan fingerprint density at radius 3 is 2.77 bits per heavy atom. The first-order valence-corrected chi connectivity index (χ1v) is 9.24. The van der Waals surface area contributed by atoms with Crippen LogP contribution in [0.4, 0.5) is 5.69 Å². The molecule has 1 aromatic heterocycles. The quantitative estimate of drug-likeness (QED) is 0.695. The minimum atomic E-state index is -0.0352. The van der Waals surface area contributed by atoms with Gasteiger partial charge in [0.2, 0.25) is 0 Å². The maximum Gasteiger partial charge on any atom is 0.271 e. The summed E-state index contributed by atoms with van der Waals surface area (Å²) in [6, 6.07) is 15.2. The van der Waals surface area contributed by atoms with Gasteiger partial charge in [-0.3, -0.25) is 9.36 Å². The van der Waals surface area contributed by atoms with Crippen molar-refractivity contribution >= 4 is 34.7 Å². The van der Waals surface area contributed by atoms with E-state index in [1.54, 1.807) is 11.7 Å². The molecule has 7 heteroatoms. The third-order valence-corrected chi connectivity index (χ3v) is 5.44. The lowest BCUT2D eigenvalue weighted by molar-refractivity contribution is 0.414. The first-order valence-electron chi connectivity index (χ1n) is 8.04. The highest BCUT2D eigenvalue weighted by molar-refractivity contribution is 7.07. The Morgan fingerprint density at radius 1 is 1.23 bits per heavy atom. The molecule has 3 aromatic rings. The van der Waals surface area contributed by atoms with Gasteiger partial charge in [-0.05, 0) is 48.0 Å². The Bertz CT molecular complexity index is 1120. The molecule has 0 radical (unpaired) electrons.